The SMILES string of the molecule is C=CCOCc1ccccc1.CC. The van der Waals surface area contributed by atoms with Crippen molar-refractivity contribution in [1.29, 1.82) is 0 Å². The Bertz CT molecular complexity index is 204. The van der Waals surface area contributed by atoms with Crippen molar-refractivity contribution in [2.45, 2.75) is 20.5 Å². The van der Waals surface area contributed by atoms with Gasteiger partial charge < -0.3 is 4.74 Å². The van der Waals surface area contributed by atoms with Crippen LogP contribution in [0.25, 0.3) is 0 Å². The summed E-state index contributed by atoms with van der Waals surface area (Å²) in [6.45, 7) is 8.86. The van der Waals surface area contributed by atoms with Crippen LogP contribution in [0.4, 0.5) is 0 Å². The molecule has 0 heterocycles. The molecule has 1 rings (SSSR count). The molecule has 0 unspecified atom stereocenters. The van der Waals surface area contributed by atoms with Gasteiger partial charge >= 0.3 is 0 Å². The monoisotopic (exact) mass is 178 g/mol. The topological polar surface area (TPSA) is 9.23 Å². The van der Waals surface area contributed by atoms with Gasteiger partial charge in [0, 0.05) is 0 Å². The summed E-state index contributed by atoms with van der Waals surface area (Å²) in [4.78, 5) is 0. The van der Waals surface area contributed by atoms with Gasteiger partial charge in [-0.1, -0.05) is 50.3 Å². The second-order valence-corrected chi connectivity index (χ2v) is 2.29. The van der Waals surface area contributed by atoms with Crippen LogP contribution >= 0.6 is 0 Å². The third-order valence-electron chi connectivity index (χ3n) is 1.35. The summed E-state index contributed by atoms with van der Waals surface area (Å²) in [6.07, 6.45) is 1.75. The Kier molecular flexibility index (Phi) is 8.26. The summed E-state index contributed by atoms with van der Waals surface area (Å²) in [7, 11) is 0. The number of hydrogen-bond donors (Lipinski definition) is 0. The maximum atomic E-state index is 5.25. The first-order valence-corrected chi connectivity index (χ1v) is 4.66. The Balaban J connectivity index is 0.000000671. The molecule has 0 amide bonds. The molecule has 0 atom stereocenters. The van der Waals surface area contributed by atoms with Crippen molar-refractivity contribution in [3.63, 3.8) is 0 Å². The zero-order valence-electron chi connectivity index (χ0n) is 8.49. The highest BCUT2D eigenvalue weighted by atomic mass is 16.5. The first-order chi connectivity index (χ1) is 6.43. The quantitative estimate of drug-likeness (QED) is 0.507. The van der Waals surface area contributed by atoms with Crippen molar-refractivity contribution in [2.24, 2.45) is 0 Å². The van der Waals surface area contributed by atoms with E-state index in [9.17, 15) is 0 Å². The molecule has 1 heteroatoms. The molecular weight excluding hydrogens is 160 g/mol. The minimum absolute atomic E-state index is 0.620. The average Bonchev–Trinajstić information content (AvgIpc) is 2.23. The van der Waals surface area contributed by atoms with Crippen LogP contribution in [-0.4, -0.2) is 6.61 Å². The smallest absolute Gasteiger partial charge is 0.0721 e. The average molecular weight is 178 g/mol. The lowest BCUT2D eigenvalue weighted by Crippen LogP contribution is -1.91. The molecule has 0 aliphatic carbocycles. The highest BCUT2D eigenvalue weighted by molar-refractivity contribution is 5.13. The Morgan fingerprint density at radius 3 is 2.38 bits per heavy atom. The Hall–Kier alpha value is -1.08. The van der Waals surface area contributed by atoms with Crippen LogP contribution in [0.2, 0.25) is 0 Å². The van der Waals surface area contributed by atoms with E-state index in [4.69, 9.17) is 4.74 Å². The molecule has 0 saturated heterocycles. The van der Waals surface area contributed by atoms with Crippen molar-refractivity contribution in [3.05, 3.63) is 48.6 Å². The van der Waals surface area contributed by atoms with Gasteiger partial charge in [-0.05, 0) is 5.56 Å². The first kappa shape index (κ1) is 11.9. The fraction of sp³-hybridized carbons (Fsp3) is 0.333. The van der Waals surface area contributed by atoms with E-state index in [1.54, 1.807) is 6.08 Å². The summed E-state index contributed by atoms with van der Waals surface area (Å²) in [5.41, 5.74) is 1.20. The van der Waals surface area contributed by atoms with Gasteiger partial charge in [-0.15, -0.1) is 6.58 Å². The Labute approximate surface area is 81.1 Å². The minimum Gasteiger partial charge on any atom is -0.373 e. The molecule has 72 valence electrons. The molecule has 13 heavy (non-hydrogen) atoms. The molecule has 0 bridgehead atoms. The number of hydrogen-bond acceptors (Lipinski definition) is 1. The second-order valence-electron chi connectivity index (χ2n) is 2.29. The van der Waals surface area contributed by atoms with Crippen molar-refractivity contribution >= 4 is 0 Å². The Morgan fingerprint density at radius 2 is 1.85 bits per heavy atom. The molecule has 0 saturated carbocycles. The fourth-order valence-corrected chi connectivity index (χ4v) is 0.834. The molecule has 1 aromatic carbocycles. The number of ether oxygens (including phenoxy) is 1. The van der Waals surface area contributed by atoms with Gasteiger partial charge in [-0.2, -0.15) is 0 Å². The van der Waals surface area contributed by atoms with Crippen molar-refractivity contribution in [2.75, 3.05) is 6.61 Å². The van der Waals surface area contributed by atoms with Gasteiger partial charge in [0.05, 0.1) is 13.2 Å². The van der Waals surface area contributed by atoms with Crippen LogP contribution in [0.1, 0.15) is 19.4 Å². The van der Waals surface area contributed by atoms with Crippen LogP contribution in [0.3, 0.4) is 0 Å². The standard InChI is InChI=1S/C10H12O.C2H6/c1-2-8-11-9-10-6-4-3-5-7-10;1-2/h2-7H,1,8-9H2;1-2H3. The van der Waals surface area contributed by atoms with Crippen LogP contribution in [0, 0.1) is 0 Å². The first-order valence-electron chi connectivity index (χ1n) is 4.66. The van der Waals surface area contributed by atoms with Crippen LogP contribution in [-0.2, 0) is 11.3 Å². The zero-order chi connectivity index (χ0) is 9.94. The van der Waals surface area contributed by atoms with Crippen LogP contribution in [0.5, 0.6) is 0 Å². The summed E-state index contributed by atoms with van der Waals surface area (Å²) in [6, 6.07) is 10.1. The number of rotatable bonds is 4. The molecule has 0 spiro atoms. The van der Waals surface area contributed by atoms with Crippen LogP contribution in [0.15, 0.2) is 43.0 Å². The predicted molar refractivity (Wildman–Crippen MR) is 57.6 cm³/mol. The van der Waals surface area contributed by atoms with E-state index in [0.717, 1.165) is 0 Å². The molecule has 0 aliphatic heterocycles. The predicted octanol–water partition coefficient (Wildman–Crippen LogP) is 3.42. The zero-order valence-corrected chi connectivity index (χ0v) is 8.49. The van der Waals surface area contributed by atoms with E-state index in [2.05, 4.69) is 6.58 Å². The summed E-state index contributed by atoms with van der Waals surface area (Å²) < 4.78 is 5.25. The van der Waals surface area contributed by atoms with E-state index >= 15 is 0 Å². The summed E-state index contributed by atoms with van der Waals surface area (Å²) in [5.74, 6) is 0. The lowest BCUT2D eigenvalue weighted by molar-refractivity contribution is 0.149. The van der Waals surface area contributed by atoms with Crippen molar-refractivity contribution in [3.8, 4) is 0 Å². The van der Waals surface area contributed by atoms with Gasteiger partial charge in [0.1, 0.15) is 0 Å². The van der Waals surface area contributed by atoms with Gasteiger partial charge in [-0.3, -0.25) is 0 Å². The van der Waals surface area contributed by atoms with E-state index in [1.165, 1.54) is 5.56 Å². The summed E-state index contributed by atoms with van der Waals surface area (Å²) >= 11 is 0. The molecule has 0 aromatic heterocycles. The summed E-state index contributed by atoms with van der Waals surface area (Å²) in [5, 5.41) is 0. The van der Waals surface area contributed by atoms with E-state index in [0.29, 0.717) is 13.2 Å². The maximum absolute atomic E-state index is 5.25. The van der Waals surface area contributed by atoms with Crippen molar-refractivity contribution in [1.82, 2.24) is 0 Å². The molecule has 0 fully saturated rings. The lowest BCUT2D eigenvalue weighted by Gasteiger charge is -1.99. The van der Waals surface area contributed by atoms with E-state index in [1.807, 2.05) is 44.2 Å². The lowest BCUT2D eigenvalue weighted by atomic mass is 10.2. The maximum Gasteiger partial charge on any atom is 0.0721 e. The largest absolute Gasteiger partial charge is 0.373 e. The molecular formula is C12H18O. The minimum atomic E-state index is 0.620. The third kappa shape index (κ3) is 6.12. The molecule has 0 aliphatic rings. The van der Waals surface area contributed by atoms with Gasteiger partial charge in [-0.25, -0.2) is 0 Å². The number of benzene rings is 1. The molecule has 0 radical (unpaired) electrons. The molecule has 1 aromatic rings. The van der Waals surface area contributed by atoms with E-state index in [-0.39, 0.29) is 0 Å². The third-order valence-corrected chi connectivity index (χ3v) is 1.35. The fourth-order valence-electron chi connectivity index (χ4n) is 0.834. The highest BCUT2D eigenvalue weighted by Crippen LogP contribution is 1.99. The Morgan fingerprint density at radius 1 is 1.23 bits per heavy atom. The molecule has 0 N–H and O–H groups in total. The highest BCUT2D eigenvalue weighted by Gasteiger charge is 1.87. The normalized spacial score (nSPS) is 8.46. The van der Waals surface area contributed by atoms with Gasteiger partial charge in [0.2, 0.25) is 0 Å². The molecule has 1 nitrogen and oxygen atoms in total. The van der Waals surface area contributed by atoms with Gasteiger partial charge in [0.15, 0.2) is 0 Å². The van der Waals surface area contributed by atoms with Crippen molar-refractivity contribution < 1.29 is 4.74 Å². The van der Waals surface area contributed by atoms with Gasteiger partial charge in [0.25, 0.3) is 0 Å². The van der Waals surface area contributed by atoms with E-state index < -0.39 is 0 Å². The van der Waals surface area contributed by atoms with Crippen LogP contribution < -0.4 is 0 Å². The second kappa shape index (κ2) is 9.01.